The van der Waals surface area contributed by atoms with Crippen LogP contribution in [0.3, 0.4) is 0 Å². The molecule has 2 heterocycles. The molecule has 0 atom stereocenters. The third-order valence-electron chi connectivity index (χ3n) is 4.94. The van der Waals surface area contributed by atoms with Crippen molar-refractivity contribution in [1.82, 2.24) is 19.7 Å². The maximum Gasteiger partial charge on any atom is 0.246 e. The van der Waals surface area contributed by atoms with E-state index in [1.807, 2.05) is 0 Å². The summed E-state index contributed by atoms with van der Waals surface area (Å²) in [6.07, 6.45) is 1.22. The lowest BCUT2D eigenvalue weighted by molar-refractivity contribution is -0.127. The average molecular weight is 486 g/mol. The summed E-state index contributed by atoms with van der Waals surface area (Å²) in [6, 6.07) is 3.50. The number of nitrogens with zero attached hydrogens (tertiary/aromatic N) is 4. The minimum absolute atomic E-state index is 0.181. The van der Waals surface area contributed by atoms with E-state index in [0.29, 0.717) is 30.3 Å². The van der Waals surface area contributed by atoms with E-state index in [0.717, 1.165) is 12.1 Å². The molecular formula is C20H13Cl3F2N4O2. The van der Waals surface area contributed by atoms with Gasteiger partial charge in [0.15, 0.2) is 17.5 Å². The Hall–Kier alpha value is -2.68. The van der Waals surface area contributed by atoms with Gasteiger partial charge in [0.25, 0.3) is 0 Å². The number of halogens is 5. The van der Waals surface area contributed by atoms with Gasteiger partial charge in [0.05, 0.1) is 27.2 Å². The van der Waals surface area contributed by atoms with Crippen LogP contribution in [0.2, 0.25) is 15.1 Å². The summed E-state index contributed by atoms with van der Waals surface area (Å²) in [5.41, 5.74) is -0.624. The first-order valence-corrected chi connectivity index (χ1v) is 10.1. The number of benzene rings is 2. The topological polar surface area (TPSA) is 71.2 Å². The van der Waals surface area contributed by atoms with Crippen molar-refractivity contribution in [1.29, 1.82) is 0 Å². The van der Waals surface area contributed by atoms with Crippen molar-refractivity contribution in [3.05, 3.63) is 63.4 Å². The molecule has 0 bridgehead atoms. The van der Waals surface area contributed by atoms with Gasteiger partial charge in [0, 0.05) is 24.2 Å². The molecule has 3 aromatic rings. The molecule has 1 amide bonds. The van der Waals surface area contributed by atoms with Crippen molar-refractivity contribution in [2.45, 2.75) is 13.1 Å². The number of aromatic hydroxyl groups is 1. The first-order valence-electron chi connectivity index (χ1n) is 8.92. The molecule has 0 unspecified atom stereocenters. The molecule has 0 radical (unpaired) electrons. The van der Waals surface area contributed by atoms with Crippen LogP contribution in [0.4, 0.5) is 8.78 Å². The molecule has 0 fully saturated rings. The normalized spacial score (nSPS) is 13.3. The number of rotatable bonds is 3. The number of carbonyl (C=O) groups is 1. The SMILES string of the molecule is C=CC(=O)N1CCn2c(nnc2-c2cc(F)c(-c3c(O)c(Cl)cc(Cl)c3F)c(Cl)c2)C1. The number of amides is 1. The molecule has 1 aliphatic heterocycles. The van der Waals surface area contributed by atoms with Crippen molar-refractivity contribution < 1.29 is 18.7 Å². The fourth-order valence-corrected chi connectivity index (χ4v) is 4.21. The second-order valence-electron chi connectivity index (χ2n) is 6.75. The van der Waals surface area contributed by atoms with E-state index < -0.39 is 22.9 Å². The minimum Gasteiger partial charge on any atom is -0.506 e. The number of phenols is 1. The third-order valence-corrected chi connectivity index (χ3v) is 5.80. The summed E-state index contributed by atoms with van der Waals surface area (Å²) in [6.45, 7) is 4.48. The van der Waals surface area contributed by atoms with Crippen LogP contribution in [0.5, 0.6) is 5.75 Å². The number of hydrogen-bond acceptors (Lipinski definition) is 4. The first-order chi connectivity index (χ1) is 14.7. The summed E-state index contributed by atoms with van der Waals surface area (Å²) in [5, 5.41) is 17.5. The summed E-state index contributed by atoms with van der Waals surface area (Å²) >= 11 is 17.9. The Morgan fingerprint density at radius 1 is 1.06 bits per heavy atom. The van der Waals surface area contributed by atoms with Gasteiger partial charge in [-0.15, -0.1) is 10.2 Å². The van der Waals surface area contributed by atoms with E-state index in [2.05, 4.69) is 16.8 Å². The Labute approximate surface area is 190 Å². The molecule has 4 rings (SSSR count). The maximum atomic E-state index is 15.1. The summed E-state index contributed by atoms with van der Waals surface area (Å²) in [5.74, 6) is -2.01. The van der Waals surface area contributed by atoms with Crippen LogP contribution >= 0.6 is 34.8 Å². The number of fused-ring (bicyclic) bond motifs is 1. The molecule has 6 nitrogen and oxygen atoms in total. The van der Waals surface area contributed by atoms with Gasteiger partial charge in [0.1, 0.15) is 11.6 Å². The van der Waals surface area contributed by atoms with Crippen molar-refractivity contribution in [2.24, 2.45) is 0 Å². The van der Waals surface area contributed by atoms with Crippen molar-refractivity contribution >= 4 is 40.7 Å². The highest BCUT2D eigenvalue weighted by Gasteiger charge is 2.27. The predicted octanol–water partition coefficient (Wildman–Crippen LogP) is 5.08. The van der Waals surface area contributed by atoms with Crippen molar-refractivity contribution in [3.63, 3.8) is 0 Å². The molecule has 0 saturated heterocycles. The van der Waals surface area contributed by atoms with Crippen LogP contribution in [0.25, 0.3) is 22.5 Å². The van der Waals surface area contributed by atoms with Crippen LogP contribution in [0.15, 0.2) is 30.9 Å². The fraction of sp³-hybridized carbons (Fsp3) is 0.150. The molecule has 0 aliphatic carbocycles. The number of aromatic nitrogens is 3. The van der Waals surface area contributed by atoms with Crippen LogP contribution < -0.4 is 0 Å². The molecule has 1 aromatic heterocycles. The van der Waals surface area contributed by atoms with Gasteiger partial charge >= 0.3 is 0 Å². The molecule has 160 valence electrons. The van der Waals surface area contributed by atoms with Crippen LogP contribution in [-0.4, -0.2) is 37.2 Å². The molecule has 0 spiro atoms. The smallest absolute Gasteiger partial charge is 0.246 e. The standard InChI is InChI=1S/C20H13Cl3F2N4O2/c1-2-15(30)28-3-4-29-14(8-28)26-27-20(29)9-5-10(21)16(13(24)6-9)17-18(25)11(22)7-12(23)19(17)31/h2,5-7,31H,1,3-4,8H2. The Kier molecular flexibility index (Phi) is 5.63. The Morgan fingerprint density at radius 3 is 2.48 bits per heavy atom. The van der Waals surface area contributed by atoms with Gasteiger partial charge in [-0.05, 0) is 24.3 Å². The fourth-order valence-electron chi connectivity index (χ4n) is 3.44. The van der Waals surface area contributed by atoms with E-state index in [-0.39, 0.29) is 33.1 Å². The molecule has 1 aliphatic rings. The lowest BCUT2D eigenvalue weighted by Gasteiger charge is -2.26. The van der Waals surface area contributed by atoms with Crippen LogP contribution in [0.1, 0.15) is 5.82 Å². The zero-order valence-corrected chi connectivity index (χ0v) is 17.9. The number of phenolic OH excluding ortho intramolecular Hbond substituents is 1. The van der Waals surface area contributed by atoms with E-state index in [4.69, 9.17) is 34.8 Å². The predicted molar refractivity (Wildman–Crippen MR) is 113 cm³/mol. The van der Waals surface area contributed by atoms with Crippen molar-refractivity contribution in [3.8, 4) is 28.3 Å². The zero-order chi connectivity index (χ0) is 22.4. The monoisotopic (exact) mass is 484 g/mol. The van der Waals surface area contributed by atoms with Crippen molar-refractivity contribution in [2.75, 3.05) is 6.54 Å². The Morgan fingerprint density at radius 2 is 1.81 bits per heavy atom. The summed E-state index contributed by atoms with van der Waals surface area (Å²) < 4.78 is 31.4. The minimum atomic E-state index is -1.05. The van der Waals surface area contributed by atoms with E-state index in [1.54, 1.807) is 9.47 Å². The van der Waals surface area contributed by atoms with Crippen LogP contribution in [0, 0.1) is 11.6 Å². The molecule has 2 aromatic carbocycles. The zero-order valence-electron chi connectivity index (χ0n) is 15.7. The maximum absolute atomic E-state index is 15.1. The highest BCUT2D eigenvalue weighted by molar-refractivity contribution is 6.37. The summed E-state index contributed by atoms with van der Waals surface area (Å²) in [7, 11) is 0. The van der Waals surface area contributed by atoms with E-state index in [1.165, 1.54) is 12.1 Å². The van der Waals surface area contributed by atoms with Gasteiger partial charge in [-0.1, -0.05) is 41.4 Å². The van der Waals surface area contributed by atoms with Gasteiger partial charge in [-0.3, -0.25) is 4.79 Å². The highest BCUT2D eigenvalue weighted by Crippen LogP contribution is 2.45. The number of carbonyl (C=O) groups excluding carboxylic acids is 1. The highest BCUT2D eigenvalue weighted by atomic mass is 35.5. The quantitative estimate of drug-likeness (QED) is 0.415. The van der Waals surface area contributed by atoms with E-state index in [9.17, 15) is 14.3 Å². The largest absolute Gasteiger partial charge is 0.506 e. The lowest BCUT2D eigenvalue weighted by atomic mass is 10.0. The molecule has 1 N–H and O–H groups in total. The molecular weight excluding hydrogens is 473 g/mol. The Bertz CT molecular complexity index is 1200. The van der Waals surface area contributed by atoms with Gasteiger partial charge in [-0.25, -0.2) is 8.78 Å². The molecule has 11 heteroatoms. The molecule has 31 heavy (non-hydrogen) atoms. The van der Waals surface area contributed by atoms with Gasteiger partial charge in [0.2, 0.25) is 5.91 Å². The second-order valence-corrected chi connectivity index (χ2v) is 7.97. The van der Waals surface area contributed by atoms with E-state index >= 15 is 4.39 Å². The Balaban J connectivity index is 1.78. The van der Waals surface area contributed by atoms with Gasteiger partial charge in [-0.2, -0.15) is 0 Å². The third kappa shape index (κ3) is 3.64. The van der Waals surface area contributed by atoms with Crippen LogP contribution in [-0.2, 0) is 17.9 Å². The first kappa shape index (κ1) is 21.5. The summed E-state index contributed by atoms with van der Waals surface area (Å²) in [4.78, 5) is 13.4. The number of hydrogen-bond donors (Lipinski definition) is 1. The average Bonchev–Trinajstić information content (AvgIpc) is 3.16. The second kappa shape index (κ2) is 8.11. The van der Waals surface area contributed by atoms with Gasteiger partial charge < -0.3 is 14.6 Å². The molecule has 0 saturated carbocycles. The lowest BCUT2D eigenvalue weighted by Crippen LogP contribution is -2.37.